The van der Waals surface area contributed by atoms with Crippen molar-refractivity contribution in [3.63, 3.8) is 0 Å². The van der Waals surface area contributed by atoms with Crippen molar-refractivity contribution in [1.82, 2.24) is 0 Å². The van der Waals surface area contributed by atoms with Gasteiger partial charge >= 0.3 is 0 Å². The van der Waals surface area contributed by atoms with E-state index < -0.39 is 0 Å². The summed E-state index contributed by atoms with van der Waals surface area (Å²) in [5, 5.41) is 0. The van der Waals surface area contributed by atoms with Gasteiger partial charge in [0.05, 0.1) is 5.69 Å². The molecule has 1 heteroatoms. The molecule has 0 aromatic heterocycles. The molecule has 47 heavy (non-hydrogen) atoms. The van der Waals surface area contributed by atoms with Crippen molar-refractivity contribution in [3.05, 3.63) is 162 Å². The van der Waals surface area contributed by atoms with Crippen LogP contribution in [0, 0.1) is 11.8 Å². The van der Waals surface area contributed by atoms with Gasteiger partial charge < -0.3 is 4.90 Å². The molecule has 4 aliphatic rings. The van der Waals surface area contributed by atoms with Gasteiger partial charge in [-0.25, -0.2) is 0 Å². The molecule has 0 amide bonds. The molecule has 2 bridgehead atoms. The van der Waals surface area contributed by atoms with Gasteiger partial charge in [0.25, 0.3) is 0 Å². The molecule has 228 valence electrons. The molecule has 0 saturated heterocycles. The fourth-order valence-corrected chi connectivity index (χ4v) is 10.3. The molecule has 0 radical (unpaired) electrons. The minimum atomic E-state index is -0.0702. The summed E-state index contributed by atoms with van der Waals surface area (Å²) in [7, 11) is 0. The first-order chi connectivity index (χ1) is 23.0. The van der Waals surface area contributed by atoms with Crippen LogP contribution in [0.4, 0.5) is 17.1 Å². The lowest BCUT2D eigenvalue weighted by Gasteiger charge is -2.37. The molecule has 2 fully saturated rings. The maximum atomic E-state index is 2.59. The average molecular weight is 606 g/mol. The third-order valence-electron chi connectivity index (χ3n) is 12.3. The third kappa shape index (κ3) is 3.72. The Bertz CT molecular complexity index is 2210. The van der Waals surface area contributed by atoms with Crippen LogP contribution in [0.5, 0.6) is 0 Å². The van der Waals surface area contributed by atoms with Crippen molar-refractivity contribution in [2.24, 2.45) is 11.8 Å². The summed E-state index contributed by atoms with van der Waals surface area (Å²) in [5.41, 5.74) is 17.8. The van der Waals surface area contributed by atoms with Gasteiger partial charge in [-0.3, -0.25) is 0 Å². The summed E-state index contributed by atoms with van der Waals surface area (Å²) < 4.78 is 0. The van der Waals surface area contributed by atoms with Crippen LogP contribution in [0.2, 0.25) is 0 Å². The van der Waals surface area contributed by atoms with E-state index in [1.807, 2.05) is 0 Å². The van der Waals surface area contributed by atoms with Gasteiger partial charge in [0.15, 0.2) is 0 Å². The summed E-state index contributed by atoms with van der Waals surface area (Å²) in [5.74, 6) is 1.58. The second-order valence-corrected chi connectivity index (χ2v) is 14.9. The number of fused-ring (bicyclic) bond motifs is 11. The van der Waals surface area contributed by atoms with Crippen molar-refractivity contribution < 1.29 is 0 Å². The van der Waals surface area contributed by atoms with Crippen molar-refractivity contribution in [3.8, 4) is 33.4 Å². The molecule has 6 aromatic carbocycles. The fourth-order valence-electron chi connectivity index (χ4n) is 10.3. The first kappa shape index (κ1) is 27.3. The SMILES string of the molecule is CC1(C)c2ccccc2-c2ccc(N(c3ccc4c(c3)C3(CC5CCC3C5)c3ccccc3-4)c3ccccc3-c3ccccc3)cc21. The summed E-state index contributed by atoms with van der Waals surface area (Å²) in [4.78, 5) is 2.55. The van der Waals surface area contributed by atoms with E-state index in [4.69, 9.17) is 0 Å². The topological polar surface area (TPSA) is 3.24 Å². The maximum absolute atomic E-state index is 2.59. The smallest absolute Gasteiger partial charge is 0.0540 e. The molecule has 0 aliphatic heterocycles. The lowest BCUT2D eigenvalue weighted by molar-refractivity contribution is 0.327. The van der Waals surface area contributed by atoms with E-state index in [0.29, 0.717) is 0 Å². The maximum Gasteiger partial charge on any atom is 0.0540 e. The number of nitrogens with zero attached hydrogens (tertiary/aromatic N) is 1. The number of para-hydroxylation sites is 1. The lowest BCUT2D eigenvalue weighted by Crippen LogP contribution is -2.32. The highest BCUT2D eigenvalue weighted by atomic mass is 15.1. The van der Waals surface area contributed by atoms with Gasteiger partial charge in [0.1, 0.15) is 0 Å². The van der Waals surface area contributed by atoms with Crippen LogP contribution in [0.3, 0.4) is 0 Å². The standard InChI is InChI=1S/C46H39N/c1-45(2)40-17-9-6-15-36(40)38-24-22-33(27-42(38)45)47(44-19-11-8-14-35(44)31-12-4-3-5-13-31)34-23-25-39-37-16-7-10-18-41(37)46(43(39)28-34)29-30-20-21-32(46)26-30/h3-19,22-25,27-28,30,32H,20-21,26,29H2,1-2H3. The first-order valence-corrected chi connectivity index (χ1v) is 17.5. The van der Waals surface area contributed by atoms with E-state index in [9.17, 15) is 0 Å². The third-order valence-corrected chi connectivity index (χ3v) is 12.3. The molecule has 3 atom stereocenters. The van der Waals surface area contributed by atoms with E-state index in [0.717, 1.165) is 11.8 Å². The number of rotatable bonds is 4. The van der Waals surface area contributed by atoms with E-state index >= 15 is 0 Å². The van der Waals surface area contributed by atoms with E-state index in [1.54, 1.807) is 11.1 Å². The van der Waals surface area contributed by atoms with Crippen molar-refractivity contribution >= 4 is 17.1 Å². The van der Waals surface area contributed by atoms with Crippen LogP contribution >= 0.6 is 0 Å². The zero-order valence-corrected chi connectivity index (χ0v) is 27.2. The zero-order valence-electron chi connectivity index (χ0n) is 27.2. The Labute approximate surface area is 278 Å². The predicted octanol–water partition coefficient (Wildman–Crippen LogP) is 12.2. The van der Waals surface area contributed by atoms with Gasteiger partial charge in [0.2, 0.25) is 0 Å². The van der Waals surface area contributed by atoms with Crippen LogP contribution in [0.1, 0.15) is 61.8 Å². The number of hydrogen-bond donors (Lipinski definition) is 0. The van der Waals surface area contributed by atoms with Crippen molar-refractivity contribution in [2.75, 3.05) is 4.90 Å². The second kappa shape index (κ2) is 9.81. The Kier molecular flexibility index (Phi) is 5.69. The monoisotopic (exact) mass is 605 g/mol. The Morgan fingerprint density at radius 2 is 1.09 bits per heavy atom. The minimum Gasteiger partial charge on any atom is -0.310 e. The van der Waals surface area contributed by atoms with Gasteiger partial charge in [-0.2, -0.15) is 0 Å². The summed E-state index contributed by atoms with van der Waals surface area (Å²) >= 11 is 0. The Balaban J connectivity index is 1.21. The quantitative estimate of drug-likeness (QED) is 0.193. The second-order valence-electron chi connectivity index (χ2n) is 14.9. The van der Waals surface area contributed by atoms with Crippen molar-refractivity contribution in [1.29, 1.82) is 0 Å². The molecule has 1 spiro atoms. The average Bonchev–Trinajstić information content (AvgIpc) is 3.86. The lowest BCUT2D eigenvalue weighted by atomic mass is 9.67. The largest absolute Gasteiger partial charge is 0.310 e. The molecular formula is C46H39N. The molecule has 10 rings (SSSR count). The van der Waals surface area contributed by atoms with E-state index in [1.165, 1.54) is 87.3 Å². The van der Waals surface area contributed by atoms with Crippen LogP contribution in [-0.2, 0) is 10.8 Å². The number of anilines is 3. The number of hydrogen-bond acceptors (Lipinski definition) is 1. The molecule has 6 aromatic rings. The normalized spacial score (nSPS) is 22.2. The van der Waals surface area contributed by atoms with Crippen LogP contribution in [0.25, 0.3) is 33.4 Å². The van der Waals surface area contributed by atoms with Gasteiger partial charge in [-0.05, 0) is 112 Å². The van der Waals surface area contributed by atoms with Gasteiger partial charge in [0, 0.05) is 27.8 Å². The summed E-state index contributed by atoms with van der Waals surface area (Å²) in [6.45, 7) is 4.77. The molecular weight excluding hydrogens is 567 g/mol. The van der Waals surface area contributed by atoms with E-state index in [-0.39, 0.29) is 10.8 Å². The highest BCUT2D eigenvalue weighted by Crippen LogP contribution is 2.66. The van der Waals surface area contributed by atoms with Crippen LogP contribution < -0.4 is 4.90 Å². The molecule has 0 N–H and O–H groups in total. The number of benzene rings is 6. The predicted molar refractivity (Wildman–Crippen MR) is 196 cm³/mol. The Hall–Kier alpha value is -4.88. The van der Waals surface area contributed by atoms with Crippen molar-refractivity contribution in [2.45, 2.75) is 50.4 Å². The summed E-state index contributed by atoms with van der Waals surface area (Å²) in [6, 6.07) is 52.7. The van der Waals surface area contributed by atoms with Crippen LogP contribution in [0.15, 0.2) is 140 Å². The Morgan fingerprint density at radius 3 is 1.79 bits per heavy atom. The first-order valence-electron chi connectivity index (χ1n) is 17.5. The summed E-state index contributed by atoms with van der Waals surface area (Å²) in [6.07, 6.45) is 5.41. The van der Waals surface area contributed by atoms with Gasteiger partial charge in [-0.15, -0.1) is 0 Å². The molecule has 1 nitrogen and oxygen atoms in total. The molecule has 0 heterocycles. The van der Waals surface area contributed by atoms with Crippen LogP contribution in [-0.4, -0.2) is 0 Å². The van der Waals surface area contributed by atoms with E-state index in [2.05, 4.69) is 158 Å². The Morgan fingerprint density at radius 1 is 0.511 bits per heavy atom. The fraction of sp³-hybridized carbons (Fsp3) is 0.217. The highest BCUT2D eigenvalue weighted by molar-refractivity contribution is 5.92. The molecule has 4 aliphatic carbocycles. The molecule has 2 saturated carbocycles. The zero-order chi connectivity index (χ0) is 31.3. The highest BCUT2D eigenvalue weighted by Gasteiger charge is 2.56. The minimum absolute atomic E-state index is 0.0702. The molecule has 3 unspecified atom stereocenters. The van der Waals surface area contributed by atoms with Gasteiger partial charge in [-0.1, -0.05) is 129 Å².